The number of halogens is 1. The molecule has 8 heteroatoms. The van der Waals surface area contributed by atoms with Crippen LogP contribution in [-0.4, -0.2) is 53.7 Å². The molecule has 0 saturated heterocycles. The Morgan fingerprint density at radius 1 is 0.780 bits per heavy atom. The third-order valence-electron chi connectivity index (χ3n) is 6.83. The van der Waals surface area contributed by atoms with Crippen LogP contribution in [0.4, 0.5) is 4.39 Å². The number of nitrogens with zero attached hydrogens (tertiary/aromatic N) is 1. The Hall–Kier alpha value is -4.20. The highest BCUT2D eigenvalue weighted by Crippen LogP contribution is 2.27. The van der Waals surface area contributed by atoms with E-state index < -0.39 is 11.9 Å². The number of carboxylic acids is 2. The number of unbranched alkanes of at least 4 members (excludes halogenated alkanes) is 2. The zero-order valence-electron chi connectivity index (χ0n) is 23.7. The predicted octanol–water partition coefficient (Wildman–Crippen LogP) is 6.41. The van der Waals surface area contributed by atoms with E-state index in [0.29, 0.717) is 24.2 Å². The molecule has 41 heavy (non-hydrogen) atoms. The lowest BCUT2D eigenvalue weighted by atomic mass is 9.95. The van der Waals surface area contributed by atoms with E-state index in [1.165, 1.54) is 17.0 Å². The van der Waals surface area contributed by atoms with Gasteiger partial charge in [0.15, 0.2) is 0 Å². The summed E-state index contributed by atoms with van der Waals surface area (Å²) in [6.45, 7) is 0.253. The van der Waals surface area contributed by atoms with Crippen molar-refractivity contribution in [3.05, 3.63) is 88.7 Å². The van der Waals surface area contributed by atoms with E-state index in [4.69, 9.17) is 9.84 Å². The molecular formula is C33H38FNO6. The van der Waals surface area contributed by atoms with Gasteiger partial charge in [0.2, 0.25) is 0 Å². The quantitative estimate of drug-likeness (QED) is 0.195. The van der Waals surface area contributed by atoms with Crippen LogP contribution in [0.25, 0.3) is 11.1 Å². The molecule has 0 bridgehead atoms. The maximum atomic E-state index is 13.9. The number of benzene rings is 3. The minimum absolute atomic E-state index is 0.0140. The van der Waals surface area contributed by atoms with Crippen LogP contribution in [0.15, 0.2) is 60.7 Å². The van der Waals surface area contributed by atoms with Crippen LogP contribution in [0.2, 0.25) is 0 Å². The molecule has 2 N–H and O–H groups in total. The van der Waals surface area contributed by atoms with Gasteiger partial charge in [-0.25, -0.2) is 4.39 Å². The first-order chi connectivity index (χ1) is 19.6. The molecule has 218 valence electrons. The first-order valence-corrected chi connectivity index (χ1v) is 13.9. The van der Waals surface area contributed by atoms with Crippen molar-refractivity contribution < 1.29 is 33.7 Å². The SMILES string of the molecule is CN(C)C(=O)c1cc(CCCCCc2cccc(OCCCC(=O)O)c2CCC(=O)O)cc(-c2cccc(F)c2)c1. The standard InChI is InChI=1S/C33H38FNO6/c1-35(2)33(40)27-20-23(19-26(21-27)25-12-6-13-28(34)22-25)9-4-3-5-10-24-11-7-14-30(29(24)16-17-32(38)39)41-18-8-15-31(36)37/h6-7,11-14,19-22H,3-5,8-10,15-18H2,1-2H3,(H,36,37)(H,38,39). The topological polar surface area (TPSA) is 104 Å². The first-order valence-electron chi connectivity index (χ1n) is 13.9. The normalized spacial score (nSPS) is 10.8. The smallest absolute Gasteiger partial charge is 0.303 e. The highest BCUT2D eigenvalue weighted by atomic mass is 19.1. The Morgan fingerprint density at radius 2 is 1.51 bits per heavy atom. The zero-order valence-corrected chi connectivity index (χ0v) is 23.7. The Balaban J connectivity index is 1.66. The largest absolute Gasteiger partial charge is 0.493 e. The minimum Gasteiger partial charge on any atom is -0.493 e. The molecule has 1 amide bonds. The number of ether oxygens (including phenoxy) is 1. The van der Waals surface area contributed by atoms with Crippen molar-refractivity contribution in [2.75, 3.05) is 20.7 Å². The van der Waals surface area contributed by atoms with Gasteiger partial charge in [-0.3, -0.25) is 14.4 Å². The third kappa shape index (κ3) is 10.0. The van der Waals surface area contributed by atoms with Gasteiger partial charge in [0, 0.05) is 32.5 Å². The number of hydrogen-bond donors (Lipinski definition) is 2. The number of aliphatic carboxylic acids is 2. The van der Waals surface area contributed by atoms with Gasteiger partial charge in [0.05, 0.1) is 6.61 Å². The second kappa shape index (κ2) is 15.6. The summed E-state index contributed by atoms with van der Waals surface area (Å²) in [7, 11) is 3.41. The Bertz CT molecular complexity index is 1350. The summed E-state index contributed by atoms with van der Waals surface area (Å²) in [6.07, 6.45) is 4.93. The molecular weight excluding hydrogens is 525 g/mol. The van der Waals surface area contributed by atoms with Gasteiger partial charge in [-0.2, -0.15) is 0 Å². The molecule has 3 aromatic carbocycles. The molecule has 0 saturated carbocycles. The summed E-state index contributed by atoms with van der Waals surface area (Å²) >= 11 is 0. The van der Waals surface area contributed by atoms with E-state index in [9.17, 15) is 23.9 Å². The predicted molar refractivity (Wildman–Crippen MR) is 156 cm³/mol. The lowest BCUT2D eigenvalue weighted by molar-refractivity contribution is -0.138. The summed E-state index contributed by atoms with van der Waals surface area (Å²) in [6, 6.07) is 17.7. The van der Waals surface area contributed by atoms with Crippen molar-refractivity contribution in [1.82, 2.24) is 4.90 Å². The molecule has 0 spiro atoms. The molecule has 0 aliphatic rings. The Morgan fingerprint density at radius 3 is 2.22 bits per heavy atom. The lowest BCUT2D eigenvalue weighted by Gasteiger charge is -2.16. The van der Waals surface area contributed by atoms with Crippen LogP contribution in [0.5, 0.6) is 5.75 Å². The van der Waals surface area contributed by atoms with Crippen LogP contribution in [-0.2, 0) is 28.9 Å². The number of carbonyl (C=O) groups is 3. The highest BCUT2D eigenvalue weighted by molar-refractivity contribution is 5.95. The van der Waals surface area contributed by atoms with Gasteiger partial charge in [0.1, 0.15) is 11.6 Å². The van der Waals surface area contributed by atoms with Crippen LogP contribution in [0, 0.1) is 5.82 Å². The number of aryl methyl sites for hydroxylation is 2. The maximum Gasteiger partial charge on any atom is 0.303 e. The molecule has 0 atom stereocenters. The van der Waals surface area contributed by atoms with Gasteiger partial charge in [0.25, 0.3) is 5.91 Å². The summed E-state index contributed by atoms with van der Waals surface area (Å²) in [5.41, 5.74) is 4.99. The molecule has 3 rings (SSSR count). The molecule has 7 nitrogen and oxygen atoms in total. The average molecular weight is 564 g/mol. The van der Waals surface area contributed by atoms with Crippen LogP contribution >= 0.6 is 0 Å². The average Bonchev–Trinajstić information content (AvgIpc) is 2.93. The van der Waals surface area contributed by atoms with Crippen LogP contribution in [0.1, 0.15) is 65.6 Å². The third-order valence-corrected chi connectivity index (χ3v) is 6.83. The summed E-state index contributed by atoms with van der Waals surface area (Å²) < 4.78 is 19.7. The molecule has 0 aliphatic carbocycles. The number of carbonyl (C=O) groups excluding carboxylic acids is 1. The Kier molecular flexibility index (Phi) is 11.9. The van der Waals surface area contributed by atoms with Crippen molar-refractivity contribution in [1.29, 1.82) is 0 Å². The van der Waals surface area contributed by atoms with Crippen LogP contribution in [0.3, 0.4) is 0 Å². The summed E-state index contributed by atoms with van der Waals surface area (Å²) in [5.74, 6) is -1.59. The molecule has 0 fully saturated rings. The van der Waals surface area contributed by atoms with Crippen molar-refractivity contribution >= 4 is 17.8 Å². The minimum atomic E-state index is -0.885. The van der Waals surface area contributed by atoms with E-state index >= 15 is 0 Å². The van der Waals surface area contributed by atoms with Gasteiger partial charge in [-0.15, -0.1) is 0 Å². The molecule has 0 aromatic heterocycles. The molecule has 3 aromatic rings. The molecule has 0 heterocycles. The fourth-order valence-electron chi connectivity index (χ4n) is 4.78. The highest BCUT2D eigenvalue weighted by Gasteiger charge is 2.14. The van der Waals surface area contributed by atoms with Crippen molar-refractivity contribution in [3.63, 3.8) is 0 Å². The van der Waals surface area contributed by atoms with Gasteiger partial charge in [-0.05, 0) is 96.7 Å². The van der Waals surface area contributed by atoms with E-state index in [2.05, 4.69) is 0 Å². The van der Waals surface area contributed by atoms with Gasteiger partial charge in [-0.1, -0.05) is 36.8 Å². The second-order valence-electron chi connectivity index (χ2n) is 10.3. The number of rotatable bonds is 16. The number of amides is 1. The van der Waals surface area contributed by atoms with Gasteiger partial charge < -0.3 is 19.8 Å². The number of carboxylic acid groups (broad SMARTS) is 2. The van der Waals surface area contributed by atoms with E-state index in [1.54, 1.807) is 32.3 Å². The van der Waals surface area contributed by atoms with Crippen molar-refractivity contribution in [2.24, 2.45) is 0 Å². The van der Waals surface area contributed by atoms with Crippen molar-refractivity contribution in [2.45, 2.75) is 57.8 Å². The zero-order chi connectivity index (χ0) is 29.8. The monoisotopic (exact) mass is 563 g/mol. The van der Waals surface area contributed by atoms with Crippen LogP contribution < -0.4 is 4.74 Å². The van der Waals surface area contributed by atoms with E-state index in [0.717, 1.165) is 59.9 Å². The first kappa shape index (κ1) is 31.3. The fraction of sp³-hybridized carbons (Fsp3) is 0.364. The lowest BCUT2D eigenvalue weighted by Crippen LogP contribution is -2.21. The molecule has 0 unspecified atom stereocenters. The second-order valence-corrected chi connectivity index (χ2v) is 10.3. The van der Waals surface area contributed by atoms with Gasteiger partial charge >= 0.3 is 11.9 Å². The molecule has 0 aliphatic heterocycles. The fourth-order valence-corrected chi connectivity index (χ4v) is 4.78. The van der Waals surface area contributed by atoms with E-state index in [-0.39, 0.29) is 31.2 Å². The van der Waals surface area contributed by atoms with Crippen molar-refractivity contribution in [3.8, 4) is 16.9 Å². The summed E-state index contributed by atoms with van der Waals surface area (Å²) in [4.78, 5) is 36.3. The Labute approximate surface area is 240 Å². The number of hydrogen-bond acceptors (Lipinski definition) is 4. The summed E-state index contributed by atoms with van der Waals surface area (Å²) in [5, 5.41) is 18.1. The molecule has 0 radical (unpaired) electrons. The maximum absolute atomic E-state index is 13.9. The van der Waals surface area contributed by atoms with E-state index in [1.807, 2.05) is 30.3 Å².